The van der Waals surface area contributed by atoms with E-state index in [1.54, 1.807) is 17.0 Å². The fraction of sp³-hybridized carbons (Fsp3) is 0.516. The van der Waals surface area contributed by atoms with Gasteiger partial charge >= 0.3 is 0 Å². The van der Waals surface area contributed by atoms with Gasteiger partial charge in [0.1, 0.15) is 29.2 Å². The zero-order chi connectivity index (χ0) is 28.2. The first-order valence-electron chi connectivity index (χ1n) is 14.4. The van der Waals surface area contributed by atoms with E-state index < -0.39 is 29.1 Å². The molecular weight excluding hydrogens is 517 g/mol. The monoisotopic (exact) mass is 552 g/mol. The maximum absolute atomic E-state index is 15.1. The van der Waals surface area contributed by atoms with Crippen molar-refractivity contribution in [1.82, 2.24) is 14.9 Å². The first kappa shape index (κ1) is 26.8. The summed E-state index contributed by atoms with van der Waals surface area (Å²) in [6.07, 6.45) is 6.70. The van der Waals surface area contributed by atoms with Crippen molar-refractivity contribution in [2.45, 2.75) is 70.5 Å². The summed E-state index contributed by atoms with van der Waals surface area (Å²) in [7, 11) is 0. The summed E-state index contributed by atoms with van der Waals surface area (Å²) in [5.41, 5.74) is -0.913. The molecular formula is C31H35F3N4O2. The summed E-state index contributed by atoms with van der Waals surface area (Å²) < 4.78 is 44.1. The van der Waals surface area contributed by atoms with E-state index in [1.807, 2.05) is 0 Å². The van der Waals surface area contributed by atoms with Gasteiger partial charge in [-0.1, -0.05) is 20.3 Å². The van der Waals surface area contributed by atoms with E-state index in [0.717, 1.165) is 44.2 Å². The number of amides is 1. The van der Waals surface area contributed by atoms with Crippen LogP contribution in [0.2, 0.25) is 0 Å². The Hall–Kier alpha value is -3.36. The van der Waals surface area contributed by atoms with Crippen LogP contribution >= 0.6 is 0 Å². The molecule has 1 N–H and O–H groups in total. The molecule has 3 aliphatic rings. The molecule has 1 saturated heterocycles. The molecule has 2 aliphatic carbocycles. The van der Waals surface area contributed by atoms with Crippen molar-refractivity contribution in [3.8, 4) is 5.69 Å². The van der Waals surface area contributed by atoms with Gasteiger partial charge in [0, 0.05) is 24.3 Å². The third kappa shape index (κ3) is 4.88. The number of carbonyl (C=O) groups is 1. The summed E-state index contributed by atoms with van der Waals surface area (Å²) >= 11 is 0. The summed E-state index contributed by atoms with van der Waals surface area (Å²) in [5.74, 6) is -0.102. The van der Waals surface area contributed by atoms with Gasteiger partial charge in [-0.15, -0.1) is 0 Å². The number of carbonyl (C=O) groups excluding carboxylic acids is 1. The van der Waals surface area contributed by atoms with Crippen LogP contribution in [0.3, 0.4) is 0 Å². The van der Waals surface area contributed by atoms with Crippen LogP contribution in [-0.2, 0) is 0 Å². The first-order valence-corrected chi connectivity index (χ1v) is 14.4. The molecule has 9 heteroatoms. The average molecular weight is 553 g/mol. The number of anilines is 1. The summed E-state index contributed by atoms with van der Waals surface area (Å²) in [6, 6.07) is 6.33. The molecule has 1 aliphatic heterocycles. The smallest absolute Gasteiger partial charge is 0.257 e. The number of rotatable bonds is 5. The second kappa shape index (κ2) is 10.2. The Bertz CT molecular complexity index is 1520. The summed E-state index contributed by atoms with van der Waals surface area (Å²) in [6.45, 7) is 5.04. The number of nitrogens with one attached hydrogen (secondary N) is 1. The van der Waals surface area contributed by atoms with Crippen LogP contribution in [-0.4, -0.2) is 40.3 Å². The molecule has 2 saturated carbocycles. The zero-order valence-electron chi connectivity index (χ0n) is 22.9. The quantitative estimate of drug-likeness (QED) is 0.426. The van der Waals surface area contributed by atoms with Gasteiger partial charge in [0.25, 0.3) is 5.91 Å². The molecule has 6 rings (SSSR count). The second-order valence-corrected chi connectivity index (χ2v) is 12.3. The van der Waals surface area contributed by atoms with Gasteiger partial charge < -0.3 is 10.2 Å². The topological polar surface area (TPSA) is 67.2 Å². The lowest BCUT2D eigenvalue weighted by molar-refractivity contribution is 0.0429. The highest BCUT2D eigenvalue weighted by atomic mass is 19.1. The maximum atomic E-state index is 15.1. The Morgan fingerprint density at radius 3 is 2.70 bits per heavy atom. The minimum atomic E-state index is -0.978. The minimum Gasteiger partial charge on any atom is -0.354 e. The molecule has 1 amide bonds. The van der Waals surface area contributed by atoms with Crippen molar-refractivity contribution in [2.75, 3.05) is 18.0 Å². The van der Waals surface area contributed by atoms with Crippen LogP contribution in [0.15, 0.2) is 41.3 Å². The van der Waals surface area contributed by atoms with E-state index in [4.69, 9.17) is 0 Å². The van der Waals surface area contributed by atoms with Crippen LogP contribution in [0.4, 0.5) is 19.0 Å². The van der Waals surface area contributed by atoms with Crippen molar-refractivity contribution in [1.29, 1.82) is 0 Å². The molecule has 0 radical (unpaired) electrons. The van der Waals surface area contributed by atoms with E-state index in [9.17, 15) is 18.4 Å². The lowest BCUT2D eigenvalue weighted by Gasteiger charge is -2.50. The van der Waals surface area contributed by atoms with Crippen LogP contribution < -0.4 is 15.6 Å². The normalized spacial score (nSPS) is 28.2. The van der Waals surface area contributed by atoms with E-state index >= 15 is 4.39 Å². The third-order valence-corrected chi connectivity index (χ3v) is 9.16. The number of hydrogen-bond acceptors (Lipinski definition) is 4. The van der Waals surface area contributed by atoms with Crippen molar-refractivity contribution >= 4 is 22.8 Å². The third-order valence-electron chi connectivity index (χ3n) is 9.16. The number of pyridine rings is 2. The van der Waals surface area contributed by atoms with Crippen LogP contribution in [0.5, 0.6) is 0 Å². The number of aromatic nitrogens is 2. The van der Waals surface area contributed by atoms with Gasteiger partial charge in [-0.3, -0.25) is 14.2 Å². The molecule has 3 heterocycles. The molecule has 1 aromatic carbocycles. The molecule has 5 atom stereocenters. The van der Waals surface area contributed by atoms with E-state index in [0.29, 0.717) is 36.5 Å². The van der Waals surface area contributed by atoms with Crippen molar-refractivity contribution in [3.05, 3.63) is 63.9 Å². The van der Waals surface area contributed by atoms with Crippen LogP contribution in [0.1, 0.15) is 69.2 Å². The second-order valence-electron chi connectivity index (χ2n) is 12.3. The van der Waals surface area contributed by atoms with E-state index in [-0.39, 0.29) is 34.4 Å². The molecule has 3 aromatic rings. The molecule has 212 valence electrons. The molecule has 4 unspecified atom stereocenters. The van der Waals surface area contributed by atoms with Crippen LogP contribution in [0, 0.1) is 29.4 Å². The maximum Gasteiger partial charge on any atom is 0.257 e. The average Bonchev–Trinajstić information content (AvgIpc) is 3.34. The van der Waals surface area contributed by atoms with Gasteiger partial charge in [-0.05, 0) is 80.5 Å². The number of halogens is 3. The number of hydrogen-bond donors (Lipinski definition) is 1. The molecule has 40 heavy (non-hydrogen) atoms. The van der Waals surface area contributed by atoms with Crippen molar-refractivity contribution < 1.29 is 18.0 Å². The van der Waals surface area contributed by atoms with Crippen molar-refractivity contribution in [2.24, 2.45) is 17.8 Å². The van der Waals surface area contributed by atoms with Gasteiger partial charge in [0.15, 0.2) is 5.65 Å². The highest BCUT2D eigenvalue weighted by Gasteiger charge is 2.46. The van der Waals surface area contributed by atoms with E-state index in [1.165, 1.54) is 23.3 Å². The Morgan fingerprint density at radius 1 is 1.15 bits per heavy atom. The standard InChI is InChI=1S/C31H35F3N4O2/c1-3-19-11-20-10-18(2)13-31(14-19,15-20)36-30(40)24-17-38(26-6-4-21(32)12-25(26)34)29-23(28(24)39)5-7-27(35-29)37-9-8-22(33)16-37/h4-7,12,17-20,22H,3,8-11,13-16H2,1-2H3,(H,36,40)/t18?,19?,20?,22-,31?/m1/s1. The predicted molar refractivity (Wildman–Crippen MR) is 149 cm³/mol. The van der Waals surface area contributed by atoms with E-state index in [2.05, 4.69) is 24.1 Å². The fourth-order valence-corrected chi connectivity index (χ4v) is 7.58. The highest BCUT2D eigenvalue weighted by Crippen LogP contribution is 2.48. The Balaban J connectivity index is 1.45. The molecule has 0 spiro atoms. The first-order chi connectivity index (χ1) is 19.1. The van der Waals surface area contributed by atoms with Gasteiger partial charge in [0.2, 0.25) is 5.43 Å². The highest BCUT2D eigenvalue weighted by molar-refractivity contribution is 5.97. The molecule has 6 nitrogen and oxygen atoms in total. The summed E-state index contributed by atoms with van der Waals surface area (Å²) in [4.78, 5) is 34.0. The summed E-state index contributed by atoms with van der Waals surface area (Å²) in [5, 5.41) is 3.40. The predicted octanol–water partition coefficient (Wildman–Crippen LogP) is 5.94. The number of alkyl halides is 1. The Kier molecular flexibility index (Phi) is 6.87. The van der Waals surface area contributed by atoms with Crippen LogP contribution in [0.25, 0.3) is 16.7 Å². The molecule has 2 bridgehead atoms. The van der Waals surface area contributed by atoms with Gasteiger partial charge in [-0.25, -0.2) is 18.2 Å². The van der Waals surface area contributed by atoms with Crippen molar-refractivity contribution in [3.63, 3.8) is 0 Å². The Morgan fingerprint density at radius 2 is 1.98 bits per heavy atom. The minimum absolute atomic E-state index is 0.0388. The lowest BCUT2D eigenvalue weighted by Crippen LogP contribution is -2.57. The fourth-order valence-electron chi connectivity index (χ4n) is 7.58. The molecule has 2 aromatic heterocycles. The molecule has 3 fully saturated rings. The van der Waals surface area contributed by atoms with Gasteiger partial charge in [0.05, 0.1) is 17.6 Å². The SMILES string of the molecule is CCC1CC2CC(C)CC(NC(=O)c3cn(-c4ccc(F)cc4F)c4nc(N5CC[C@@H](F)C5)ccc4c3=O)(C1)C2. The number of nitrogens with zero attached hydrogens (tertiary/aromatic N) is 3. The van der Waals surface area contributed by atoms with Gasteiger partial charge in [-0.2, -0.15) is 0 Å². The number of fused-ring (bicyclic) bond motifs is 3. The lowest BCUT2D eigenvalue weighted by atomic mass is 9.60. The number of benzene rings is 1. The largest absolute Gasteiger partial charge is 0.354 e. The zero-order valence-corrected chi connectivity index (χ0v) is 22.9. The Labute approximate surface area is 231 Å².